The van der Waals surface area contributed by atoms with Crippen molar-refractivity contribution in [3.63, 3.8) is 0 Å². The van der Waals surface area contributed by atoms with Crippen molar-refractivity contribution in [2.24, 2.45) is 7.05 Å². The first-order valence-corrected chi connectivity index (χ1v) is 10.4. The summed E-state index contributed by atoms with van der Waals surface area (Å²) in [5.41, 5.74) is 4.88. The van der Waals surface area contributed by atoms with Crippen LogP contribution in [0.5, 0.6) is 0 Å². The van der Waals surface area contributed by atoms with Crippen LogP contribution in [0.4, 0.5) is 5.69 Å². The van der Waals surface area contributed by atoms with Crippen LogP contribution in [0, 0.1) is 0 Å². The largest absolute Gasteiger partial charge is 0.323 e. The minimum atomic E-state index is 0.708. The lowest BCUT2D eigenvalue weighted by atomic mass is 10.1. The summed E-state index contributed by atoms with van der Waals surface area (Å²) in [5.74, 6) is 1.58. The third kappa shape index (κ3) is 3.16. The molecule has 3 heterocycles. The Bertz CT molecular complexity index is 1140. The summed E-state index contributed by atoms with van der Waals surface area (Å²) in [7, 11) is 1.98. The number of hydrogen-bond acceptors (Lipinski definition) is 5. The molecule has 1 aliphatic carbocycles. The molecule has 6 nitrogen and oxygen atoms in total. The molecular formula is C21H22N6S. The number of hydrogen-bond donors (Lipinski definition) is 1. The van der Waals surface area contributed by atoms with E-state index in [1.807, 2.05) is 41.2 Å². The summed E-state index contributed by atoms with van der Waals surface area (Å²) in [6.45, 7) is 2.17. The Morgan fingerprint density at radius 2 is 2.07 bits per heavy atom. The number of benzene rings is 1. The van der Waals surface area contributed by atoms with Crippen LogP contribution in [-0.4, -0.2) is 24.5 Å². The predicted octanol–water partition coefficient (Wildman–Crippen LogP) is 4.71. The Hall–Kier alpha value is -2.80. The maximum atomic E-state index is 4.51. The van der Waals surface area contributed by atoms with Crippen LogP contribution >= 0.6 is 11.9 Å². The van der Waals surface area contributed by atoms with Crippen LogP contribution in [0.2, 0.25) is 0 Å². The highest BCUT2D eigenvalue weighted by atomic mass is 32.2. The van der Waals surface area contributed by atoms with Crippen LogP contribution < -0.4 is 4.72 Å². The van der Waals surface area contributed by atoms with Crippen molar-refractivity contribution in [2.45, 2.75) is 37.0 Å². The fourth-order valence-electron chi connectivity index (χ4n) is 3.54. The Labute approximate surface area is 168 Å². The summed E-state index contributed by atoms with van der Waals surface area (Å²) in [5, 5.41) is 10.0. The molecule has 0 saturated heterocycles. The smallest absolute Gasteiger partial charge is 0.153 e. The molecule has 0 unspecified atom stereocenters. The zero-order valence-corrected chi connectivity index (χ0v) is 16.8. The number of aryl methyl sites for hydroxylation is 2. The molecule has 1 saturated carbocycles. The maximum absolute atomic E-state index is 4.51. The zero-order valence-electron chi connectivity index (χ0n) is 16.0. The molecule has 0 aliphatic heterocycles. The third-order valence-corrected chi connectivity index (χ3v) is 6.01. The molecule has 4 aromatic rings. The van der Waals surface area contributed by atoms with Crippen LogP contribution in [0.3, 0.4) is 0 Å². The Morgan fingerprint density at radius 1 is 1.18 bits per heavy atom. The number of rotatable bonds is 6. The minimum Gasteiger partial charge on any atom is -0.323 e. The monoisotopic (exact) mass is 390 g/mol. The maximum Gasteiger partial charge on any atom is 0.153 e. The van der Waals surface area contributed by atoms with Gasteiger partial charge < -0.3 is 4.72 Å². The Morgan fingerprint density at radius 3 is 2.89 bits per heavy atom. The molecule has 1 N–H and O–H groups in total. The van der Waals surface area contributed by atoms with E-state index in [0.29, 0.717) is 5.92 Å². The summed E-state index contributed by atoms with van der Waals surface area (Å²) in [6, 6.07) is 8.57. The fraction of sp³-hybridized carbons (Fsp3) is 0.286. The lowest BCUT2D eigenvalue weighted by Gasteiger charge is -2.12. The average Bonchev–Trinajstić information content (AvgIpc) is 3.36. The van der Waals surface area contributed by atoms with Gasteiger partial charge in [-0.05, 0) is 60.4 Å². The first-order chi connectivity index (χ1) is 13.7. The van der Waals surface area contributed by atoms with Crippen LogP contribution in [0.1, 0.15) is 36.8 Å². The second-order valence-electron chi connectivity index (χ2n) is 7.21. The van der Waals surface area contributed by atoms with Gasteiger partial charge in [-0.2, -0.15) is 10.2 Å². The van der Waals surface area contributed by atoms with Gasteiger partial charge in [0.25, 0.3) is 0 Å². The molecule has 0 radical (unpaired) electrons. The minimum absolute atomic E-state index is 0.708. The molecule has 0 amide bonds. The second-order valence-corrected chi connectivity index (χ2v) is 8.09. The van der Waals surface area contributed by atoms with E-state index in [1.54, 1.807) is 11.9 Å². The molecule has 0 spiro atoms. The molecule has 7 heteroatoms. The molecule has 5 rings (SSSR count). The van der Waals surface area contributed by atoms with Crippen molar-refractivity contribution in [2.75, 3.05) is 4.72 Å². The molecule has 0 atom stereocenters. The Balaban J connectivity index is 1.39. The van der Waals surface area contributed by atoms with Gasteiger partial charge in [0, 0.05) is 24.8 Å². The van der Waals surface area contributed by atoms with Crippen molar-refractivity contribution in [3.8, 4) is 5.82 Å². The van der Waals surface area contributed by atoms with Crippen LogP contribution in [0.25, 0.3) is 16.7 Å². The first kappa shape index (κ1) is 17.3. The molecular weight excluding hydrogens is 368 g/mol. The van der Waals surface area contributed by atoms with Crippen molar-refractivity contribution in [1.29, 1.82) is 0 Å². The number of nitrogens with zero attached hydrogens (tertiary/aromatic N) is 5. The SMILES string of the molecule is CCc1ccc2cnn(C)c2c1NSc1cnn(-c2cc(C3CC3)ccn2)c1. The van der Waals surface area contributed by atoms with Crippen molar-refractivity contribution >= 4 is 28.5 Å². The van der Waals surface area contributed by atoms with Gasteiger partial charge in [-0.1, -0.05) is 19.1 Å². The van der Waals surface area contributed by atoms with Gasteiger partial charge >= 0.3 is 0 Å². The van der Waals surface area contributed by atoms with Crippen molar-refractivity contribution in [3.05, 3.63) is 60.2 Å². The van der Waals surface area contributed by atoms with Gasteiger partial charge in [-0.25, -0.2) is 9.67 Å². The van der Waals surface area contributed by atoms with E-state index in [2.05, 4.69) is 51.1 Å². The lowest BCUT2D eigenvalue weighted by Crippen LogP contribution is -1.99. The van der Waals surface area contributed by atoms with Gasteiger partial charge in [-0.15, -0.1) is 0 Å². The normalized spacial score (nSPS) is 13.9. The van der Waals surface area contributed by atoms with Crippen LogP contribution in [-0.2, 0) is 13.5 Å². The highest BCUT2D eigenvalue weighted by molar-refractivity contribution is 8.00. The molecule has 142 valence electrons. The fourth-order valence-corrected chi connectivity index (χ4v) is 4.24. The van der Waals surface area contributed by atoms with Gasteiger partial charge in [0.05, 0.1) is 28.5 Å². The van der Waals surface area contributed by atoms with E-state index < -0.39 is 0 Å². The van der Waals surface area contributed by atoms with E-state index in [9.17, 15) is 0 Å². The number of fused-ring (bicyclic) bond motifs is 1. The van der Waals surface area contributed by atoms with Gasteiger partial charge in [0.2, 0.25) is 0 Å². The third-order valence-electron chi connectivity index (χ3n) is 5.25. The highest BCUT2D eigenvalue weighted by Gasteiger charge is 2.23. The number of nitrogens with one attached hydrogen (secondary N) is 1. The molecule has 1 aromatic carbocycles. The molecule has 3 aromatic heterocycles. The predicted molar refractivity (Wildman–Crippen MR) is 113 cm³/mol. The van der Waals surface area contributed by atoms with E-state index in [-0.39, 0.29) is 0 Å². The van der Waals surface area contributed by atoms with Gasteiger partial charge in [0.15, 0.2) is 5.82 Å². The average molecular weight is 391 g/mol. The quantitative estimate of drug-likeness (QED) is 0.483. The number of anilines is 1. The summed E-state index contributed by atoms with van der Waals surface area (Å²) in [6.07, 6.45) is 11.2. The van der Waals surface area contributed by atoms with E-state index in [0.717, 1.165) is 33.7 Å². The van der Waals surface area contributed by atoms with Gasteiger partial charge in [0.1, 0.15) is 0 Å². The standard InChI is InChI=1S/C21H22N6S/c1-3-14-4-7-17-11-23-26(2)21(17)20(14)25-28-18-12-24-27(13-18)19-10-16(8-9-22-19)15-5-6-15/h4,7-13,15,25H,3,5-6H2,1-2H3. The van der Waals surface area contributed by atoms with E-state index >= 15 is 0 Å². The molecule has 1 fully saturated rings. The number of aromatic nitrogens is 5. The van der Waals surface area contributed by atoms with Crippen molar-refractivity contribution in [1.82, 2.24) is 24.5 Å². The zero-order chi connectivity index (χ0) is 19.1. The van der Waals surface area contributed by atoms with Crippen molar-refractivity contribution < 1.29 is 0 Å². The second kappa shape index (κ2) is 6.98. The van der Waals surface area contributed by atoms with E-state index in [4.69, 9.17) is 0 Å². The summed E-state index contributed by atoms with van der Waals surface area (Å²) < 4.78 is 7.31. The first-order valence-electron chi connectivity index (χ1n) is 9.60. The summed E-state index contributed by atoms with van der Waals surface area (Å²) in [4.78, 5) is 5.53. The highest BCUT2D eigenvalue weighted by Crippen LogP contribution is 2.40. The topological polar surface area (TPSA) is 60.6 Å². The number of pyridine rings is 1. The summed E-state index contributed by atoms with van der Waals surface area (Å²) >= 11 is 1.57. The molecule has 1 aliphatic rings. The lowest BCUT2D eigenvalue weighted by molar-refractivity contribution is 0.797. The molecule has 0 bridgehead atoms. The Kier molecular flexibility index (Phi) is 4.31. The van der Waals surface area contributed by atoms with Crippen LogP contribution in [0.15, 0.2) is 53.9 Å². The molecule has 28 heavy (non-hydrogen) atoms. The van der Waals surface area contributed by atoms with Gasteiger partial charge in [-0.3, -0.25) is 4.68 Å². The van der Waals surface area contributed by atoms with E-state index in [1.165, 1.54) is 24.0 Å².